The Labute approximate surface area is 102 Å². The van der Waals surface area contributed by atoms with E-state index in [-0.39, 0.29) is 12.0 Å². The summed E-state index contributed by atoms with van der Waals surface area (Å²) in [5.74, 6) is -0.107. The van der Waals surface area contributed by atoms with Crippen LogP contribution in [0.4, 0.5) is 5.69 Å². The van der Waals surface area contributed by atoms with Gasteiger partial charge in [0, 0.05) is 6.42 Å². The van der Waals surface area contributed by atoms with Crippen LogP contribution in [0, 0.1) is 0 Å². The number of aliphatic hydroxyl groups excluding tert-OH is 1. The summed E-state index contributed by atoms with van der Waals surface area (Å²) in [4.78, 5) is 11.4. The van der Waals surface area contributed by atoms with Gasteiger partial charge in [-0.15, -0.1) is 0 Å². The highest BCUT2D eigenvalue weighted by molar-refractivity contribution is 5.77. The highest BCUT2D eigenvalue weighted by Crippen LogP contribution is 2.05. The average molecular weight is 236 g/mol. The zero-order valence-electron chi connectivity index (χ0n) is 10.1. The van der Waals surface area contributed by atoms with Gasteiger partial charge in [0.2, 0.25) is 5.91 Å². The van der Waals surface area contributed by atoms with Gasteiger partial charge in [-0.25, -0.2) is 0 Å². The molecule has 0 heterocycles. The van der Waals surface area contributed by atoms with Crippen LogP contribution in [0.3, 0.4) is 0 Å². The number of amides is 1. The molecule has 0 aliphatic carbocycles. The Morgan fingerprint density at radius 1 is 1.29 bits per heavy atom. The number of hydrazine groups is 1. The first kappa shape index (κ1) is 13.5. The van der Waals surface area contributed by atoms with E-state index < -0.39 is 0 Å². The van der Waals surface area contributed by atoms with E-state index in [0.29, 0.717) is 12.8 Å². The number of rotatable bonds is 7. The zero-order valence-corrected chi connectivity index (χ0v) is 10.1. The summed E-state index contributed by atoms with van der Waals surface area (Å²) in [5, 5.41) is 9.48. The van der Waals surface area contributed by atoms with E-state index in [1.54, 1.807) is 0 Å². The molecule has 0 fully saturated rings. The van der Waals surface area contributed by atoms with E-state index >= 15 is 0 Å². The Kier molecular flexibility index (Phi) is 6.10. The molecular weight excluding hydrogens is 216 g/mol. The summed E-state index contributed by atoms with van der Waals surface area (Å²) in [6.45, 7) is 2.01. The smallest absolute Gasteiger partial charge is 0.238 e. The summed E-state index contributed by atoms with van der Waals surface area (Å²) in [5.41, 5.74) is 6.26. The number of carbonyl (C=O) groups is 1. The quantitative estimate of drug-likeness (QED) is 0.635. The molecule has 0 spiro atoms. The number of nitrogens with one attached hydrogen (secondary N) is 2. The molecule has 0 radical (unpaired) electrons. The molecule has 0 aliphatic rings. The van der Waals surface area contributed by atoms with Crippen molar-refractivity contribution in [2.24, 2.45) is 0 Å². The van der Waals surface area contributed by atoms with E-state index in [1.165, 1.54) is 0 Å². The monoisotopic (exact) mass is 236 g/mol. The lowest BCUT2D eigenvalue weighted by atomic mass is 10.1. The molecule has 0 aromatic heterocycles. The Balaban J connectivity index is 2.17. The second kappa shape index (κ2) is 7.68. The predicted octanol–water partition coefficient (Wildman–Crippen LogP) is 2.07. The zero-order chi connectivity index (χ0) is 12.5. The first-order valence-electron chi connectivity index (χ1n) is 6.00. The number of carbonyl (C=O) groups excluding carboxylic acids is 1. The molecule has 0 saturated heterocycles. The number of hydrogen-bond donors (Lipinski definition) is 3. The number of hydrogen-bond acceptors (Lipinski definition) is 3. The molecule has 1 aromatic carbocycles. The van der Waals surface area contributed by atoms with Crippen molar-refractivity contribution in [2.75, 3.05) is 5.43 Å². The van der Waals surface area contributed by atoms with Crippen LogP contribution in [0.5, 0.6) is 0 Å². The minimum Gasteiger partial charge on any atom is -0.393 e. The largest absolute Gasteiger partial charge is 0.393 e. The molecule has 1 unspecified atom stereocenters. The maximum atomic E-state index is 11.4. The molecule has 1 amide bonds. The normalized spacial score (nSPS) is 11.9. The fourth-order valence-corrected chi connectivity index (χ4v) is 1.50. The number of aliphatic hydroxyl groups is 1. The summed E-state index contributed by atoms with van der Waals surface area (Å²) in [6.07, 6.45) is 2.16. The van der Waals surface area contributed by atoms with Gasteiger partial charge < -0.3 is 5.11 Å². The van der Waals surface area contributed by atoms with Crippen molar-refractivity contribution in [3.63, 3.8) is 0 Å². The first-order valence-corrected chi connectivity index (χ1v) is 6.00. The van der Waals surface area contributed by atoms with Crippen LogP contribution >= 0.6 is 0 Å². The van der Waals surface area contributed by atoms with Gasteiger partial charge in [-0.05, 0) is 25.0 Å². The molecule has 0 bridgehead atoms. The van der Waals surface area contributed by atoms with Crippen LogP contribution in [-0.4, -0.2) is 17.1 Å². The summed E-state index contributed by atoms with van der Waals surface area (Å²) in [7, 11) is 0. The minimum atomic E-state index is -0.373. The molecule has 1 aromatic rings. The summed E-state index contributed by atoms with van der Waals surface area (Å²) < 4.78 is 0. The SMILES string of the molecule is CCCC(O)CCC(=O)NNc1ccccc1. The first-order chi connectivity index (χ1) is 8.22. The average Bonchev–Trinajstić information content (AvgIpc) is 2.35. The lowest BCUT2D eigenvalue weighted by Crippen LogP contribution is -2.29. The van der Waals surface area contributed by atoms with Gasteiger partial charge in [0.15, 0.2) is 0 Å². The summed E-state index contributed by atoms with van der Waals surface area (Å²) in [6, 6.07) is 9.42. The van der Waals surface area contributed by atoms with Crippen molar-refractivity contribution in [2.45, 2.75) is 38.7 Å². The highest BCUT2D eigenvalue weighted by Gasteiger charge is 2.06. The molecule has 1 atom stereocenters. The van der Waals surface area contributed by atoms with Gasteiger partial charge in [0.05, 0.1) is 11.8 Å². The molecular formula is C13H20N2O2. The third-order valence-corrected chi connectivity index (χ3v) is 2.45. The van der Waals surface area contributed by atoms with Crippen LogP contribution in [0.2, 0.25) is 0 Å². The Hall–Kier alpha value is -1.55. The van der Waals surface area contributed by atoms with Crippen molar-refractivity contribution in [3.8, 4) is 0 Å². The van der Waals surface area contributed by atoms with Crippen LogP contribution < -0.4 is 10.9 Å². The van der Waals surface area contributed by atoms with Crippen molar-refractivity contribution in [1.29, 1.82) is 0 Å². The lowest BCUT2D eigenvalue weighted by Gasteiger charge is -2.10. The topological polar surface area (TPSA) is 61.4 Å². The third kappa shape index (κ3) is 5.92. The Morgan fingerprint density at radius 2 is 2.00 bits per heavy atom. The maximum Gasteiger partial charge on any atom is 0.238 e. The van der Waals surface area contributed by atoms with Crippen molar-refractivity contribution in [1.82, 2.24) is 5.43 Å². The van der Waals surface area contributed by atoms with E-state index in [4.69, 9.17) is 0 Å². The van der Waals surface area contributed by atoms with Gasteiger partial charge in [-0.2, -0.15) is 0 Å². The third-order valence-electron chi connectivity index (χ3n) is 2.45. The van der Waals surface area contributed by atoms with E-state index in [1.807, 2.05) is 37.3 Å². The molecule has 94 valence electrons. The highest BCUT2D eigenvalue weighted by atomic mass is 16.3. The second-order valence-corrected chi connectivity index (χ2v) is 4.02. The van der Waals surface area contributed by atoms with Crippen LogP contribution in [0.15, 0.2) is 30.3 Å². The molecule has 0 saturated carbocycles. The fraction of sp³-hybridized carbons (Fsp3) is 0.462. The number of para-hydroxylation sites is 1. The van der Waals surface area contributed by atoms with Gasteiger partial charge >= 0.3 is 0 Å². The molecule has 4 heteroatoms. The van der Waals surface area contributed by atoms with Gasteiger partial charge in [0.25, 0.3) is 0 Å². The molecule has 17 heavy (non-hydrogen) atoms. The van der Waals surface area contributed by atoms with Crippen LogP contribution in [-0.2, 0) is 4.79 Å². The Bertz CT molecular complexity index is 327. The number of benzene rings is 1. The molecule has 4 nitrogen and oxygen atoms in total. The van der Waals surface area contributed by atoms with Crippen LogP contribution in [0.1, 0.15) is 32.6 Å². The van der Waals surface area contributed by atoms with Gasteiger partial charge in [0.1, 0.15) is 0 Å². The number of anilines is 1. The van der Waals surface area contributed by atoms with Crippen molar-refractivity contribution < 1.29 is 9.90 Å². The van der Waals surface area contributed by atoms with Crippen molar-refractivity contribution >= 4 is 11.6 Å². The van der Waals surface area contributed by atoms with Gasteiger partial charge in [-0.3, -0.25) is 15.6 Å². The van der Waals surface area contributed by atoms with E-state index in [2.05, 4.69) is 10.9 Å². The summed E-state index contributed by atoms with van der Waals surface area (Å²) >= 11 is 0. The maximum absolute atomic E-state index is 11.4. The second-order valence-electron chi connectivity index (χ2n) is 4.02. The van der Waals surface area contributed by atoms with Crippen molar-refractivity contribution in [3.05, 3.63) is 30.3 Å². The molecule has 3 N–H and O–H groups in total. The molecule has 1 rings (SSSR count). The Morgan fingerprint density at radius 3 is 2.65 bits per heavy atom. The van der Waals surface area contributed by atoms with E-state index in [0.717, 1.165) is 18.5 Å². The van der Waals surface area contributed by atoms with Crippen LogP contribution in [0.25, 0.3) is 0 Å². The standard InChI is InChI=1S/C13H20N2O2/c1-2-6-12(16)9-10-13(17)15-14-11-7-4-3-5-8-11/h3-5,7-8,12,14,16H,2,6,9-10H2,1H3,(H,15,17). The predicted molar refractivity (Wildman–Crippen MR) is 68.4 cm³/mol. The minimum absolute atomic E-state index is 0.107. The fourth-order valence-electron chi connectivity index (χ4n) is 1.50. The lowest BCUT2D eigenvalue weighted by molar-refractivity contribution is -0.121. The van der Waals surface area contributed by atoms with E-state index in [9.17, 15) is 9.90 Å². The molecule has 0 aliphatic heterocycles. The van der Waals surface area contributed by atoms with Gasteiger partial charge in [-0.1, -0.05) is 31.5 Å².